The second-order valence-corrected chi connectivity index (χ2v) is 7.10. The van der Waals surface area contributed by atoms with Crippen molar-refractivity contribution in [2.24, 2.45) is 0 Å². The van der Waals surface area contributed by atoms with Crippen LogP contribution in [0, 0.1) is 6.92 Å². The van der Waals surface area contributed by atoms with Crippen molar-refractivity contribution in [3.63, 3.8) is 0 Å². The Morgan fingerprint density at radius 3 is 2.44 bits per heavy atom. The lowest BCUT2D eigenvalue weighted by molar-refractivity contribution is -0.117. The molecule has 0 saturated heterocycles. The van der Waals surface area contributed by atoms with E-state index < -0.39 is 6.04 Å². The fourth-order valence-corrected chi connectivity index (χ4v) is 2.84. The van der Waals surface area contributed by atoms with Gasteiger partial charge in [0, 0.05) is 22.8 Å². The maximum Gasteiger partial charge on any atom is 0.246 e. The number of amides is 2. The molecule has 0 bridgehead atoms. The van der Waals surface area contributed by atoms with Gasteiger partial charge in [-0.1, -0.05) is 36.2 Å². The number of benzene rings is 2. The fourth-order valence-electron chi connectivity index (χ4n) is 2.50. The third-order valence-corrected chi connectivity index (χ3v) is 4.60. The minimum atomic E-state index is -0.527. The molecule has 0 aliphatic heterocycles. The van der Waals surface area contributed by atoms with Crippen molar-refractivity contribution in [1.82, 2.24) is 0 Å². The number of nitrogens with one attached hydrogen (secondary N) is 3. The molecule has 1 atom stereocenters. The standard InChI is InChI=1S/C20H23Cl2N3O2/c1-4-6-19(26)24-17-8-5-7-16(12(17)2)23-13(3)20(27)25-18-11-14(21)9-10-15(18)22/h5,7-11,13,23H,4,6H2,1-3H3,(H,24,26)(H,25,27). The van der Waals surface area contributed by atoms with Gasteiger partial charge >= 0.3 is 0 Å². The molecule has 0 aliphatic rings. The van der Waals surface area contributed by atoms with Gasteiger partial charge in [0.1, 0.15) is 6.04 Å². The van der Waals surface area contributed by atoms with Gasteiger partial charge in [-0.05, 0) is 56.2 Å². The molecule has 2 rings (SSSR count). The first-order valence-corrected chi connectivity index (χ1v) is 9.49. The van der Waals surface area contributed by atoms with E-state index in [2.05, 4.69) is 16.0 Å². The predicted molar refractivity (Wildman–Crippen MR) is 113 cm³/mol. The van der Waals surface area contributed by atoms with Crippen LogP contribution in [0.4, 0.5) is 17.1 Å². The summed E-state index contributed by atoms with van der Waals surface area (Å²) in [6, 6.07) is 9.89. The van der Waals surface area contributed by atoms with E-state index in [1.165, 1.54) is 0 Å². The molecule has 0 spiro atoms. The summed E-state index contributed by atoms with van der Waals surface area (Å²) in [4.78, 5) is 24.3. The van der Waals surface area contributed by atoms with Gasteiger partial charge in [0.2, 0.25) is 11.8 Å². The number of carbonyl (C=O) groups excluding carboxylic acids is 2. The first-order chi connectivity index (χ1) is 12.8. The maximum atomic E-state index is 12.5. The van der Waals surface area contributed by atoms with Crippen LogP contribution in [0.3, 0.4) is 0 Å². The molecule has 5 nitrogen and oxygen atoms in total. The summed E-state index contributed by atoms with van der Waals surface area (Å²) < 4.78 is 0. The van der Waals surface area contributed by atoms with Crippen molar-refractivity contribution in [2.75, 3.05) is 16.0 Å². The highest BCUT2D eigenvalue weighted by Gasteiger charge is 2.16. The van der Waals surface area contributed by atoms with Gasteiger partial charge in [-0.2, -0.15) is 0 Å². The van der Waals surface area contributed by atoms with Gasteiger partial charge in [-0.15, -0.1) is 0 Å². The average Bonchev–Trinajstić information content (AvgIpc) is 2.61. The van der Waals surface area contributed by atoms with E-state index in [4.69, 9.17) is 23.2 Å². The van der Waals surface area contributed by atoms with E-state index in [0.717, 1.165) is 23.4 Å². The van der Waals surface area contributed by atoms with E-state index in [9.17, 15) is 9.59 Å². The Morgan fingerprint density at radius 2 is 1.74 bits per heavy atom. The lowest BCUT2D eigenvalue weighted by Crippen LogP contribution is -2.32. The van der Waals surface area contributed by atoms with Crippen molar-refractivity contribution in [2.45, 2.75) is 39.7 Å². The summed E-state index contributed by atoms with van der Waals surface area (Å²) in [5.74, 6) is -0.280. The summed E-state index contributed by atoms with van der Waals surface area (Å²) in [7, 11) is 0. The Morgan fingerprint density at radius 1 is 1.04 bits per heavy atom. The first kappa shape index (κ1) is 21.1. The molecular weight excluding hydrogens is 385 g/mol. The second kappa shape index (κ2) is 9.62. The molecule has 0 aliphatic carbocycles. The summed E-state index contributed by atoms with van der Waals surface area (Å²) in [5, 5.41) is 9.73. The predicted octanol–water partition coefficient (Wildman–Crippen LogP) is 5.48. The Hall–Kier alpha value is -2.24. The molecule has 0 radical (unpaired) electrons. The zero-order valence-electron chi connectivity index (χ0n) is 15.5. The third-order valence-electron chi connectivity index (χ3n) is 4.04. The smallest absolute Gasteiger partial charge is 0.246 e. The highest BCUT2D eigenvalue weighted by Crippen LogP contribution is 2.27. The van der Waals surface area contributed by atoms with Gasteiger partial charge in [0.15, 0.2) is 0 Å². The fraction of sp³-hybridized carbons (Fsp3) is 0.300. The molecule has 7 heteroatoms. The highest BCUT2D eigenvalue weighted by atomic mass is 35.5. The van der Waals surface area contributed by atoms with E-state index in [0.29, 0.717) is 22.2 Å². The van der Waals surface area contributed by atoms with Crippen molar-refractivity contribution >= 4 is 52.1 Å². The van der Waals surface area contributed by atoms with E-state index in [1.54, 1.807) is 25.1 Å². The Kier molecular flexibility index (Phi) is 7.51. The van der Waals surface area contributed by atoms with Crippen LogP contribution in [-0.4, -0.2) is 17.9 Å². The lowest BCUT2D eigenvalue weighted by Gasteiger charge is -2.19. The van der Waals surface area contributed by atoms with Gasteiger partial charge in [0.05, 0.1) is 10.7 Å². The number of hydrogen-bond donors (Lipinski definition) is 3. The molecule has 0 heterocycles. The summed E-state index contributed by atoms with van der Waals surface area (Å²) >= 11 is 12.0. The zero-order chi connectivity index (χ0) is 20.0. The van der Waals surface area contributed by atoms with Gasteiger partial charge < -0.3 is 16.0 Å². The monoisotopic (exact) mass is 407 g/mol. The average molecular weight is 408 g/mol. The zero-order valence-corrected chi connectivity index (χ0v) is 17.0. The summed E-state index contributed by atoms with van der Waals surface area (Å²) in [6.07, 6.45) is 1.25. The normalized spacial score (nSPS) is 11.6. The van der Waals surface area contributed by atoms with Crippen molar-refractivity contribution < 1.29 is 9.59 Å². The molecule has 144 valence electrons. The summed E-state index contributed by atoms with van der Waals surface area (Å²) in [6.45, 7) is 5.59. The van der Waals surface area contributed by atoms with E-state index in [1.807, 2.05) is 32.0 Å². The van der Waals surface area contributed by atoms with Crippen molar-refractivity contribution in [3.8, 4) is 0 Å². The van der Waals surface area contributed by atoms with Crippen LogP contribution >= 0.6 is 23.2 Å². The SMILES string of the molecule is CCCC(=O)Nc1cccc(NC(C)C(=O)Nc2cc(Cl)ccc2Cl)c1C. The maximum absolute atomic E-state index is 12.5. The molecule has 0 aromatic heterocycles. The molecule has 2 aromatic carbocycles. The third kappa shape index (κ3) is 5.88. The first-order valence-electron chi connectivity index (χ1n) is 8.73. The molecule has 1 unspecified atom stereocenters. The quantitative estimate of drug-likeness (QED) is 0.568. The van der Waals surface area contributed by atoms with Crippen LogP contribution in [0.1, 0.15) is 32.3 Å². The minimum Gasteiger partial charge on any atom is -0.374 e. The topological polar surface area (TPSA) is 70.2 Å². The number of carbonyl (C=O) groups is 2. The molecule has 3 N–H and O–H groups in total. The van der Waals surface area contributed by atoms with Crippen LogP contribution < -0.4 is 16.0 Å². The summed E-state index contributed by atoms with van der Waals surface area (Å²) in [5.41, 5.74) is 2.82. The molecule has 2 aromatic rings. The van der Waals surface area contributed by atoms with Gasteiger partial charge in [0.25, 0.3) is 0 Å². The highest BCUT2D eigenvalue weighted by molar-refractivity contribution is 6.35. The number of hydrogen-bond acceptors (Lipinski definition) is 3. The van der Waals surface area contributed by atoms with Crippen LogP contribution in [0.15, 0.2) is 36.4 Å². The molecule has 0 saturated carbocycles. The Balaban J connectivity index is 2.08. The Bertz CT molecular complexity index is 840. The van der Waals surface area contributed by atoms with E-state index in [-0.39, 0.29) is 11.8 Å². The van der Waals surface area contributed by atoms with Crippen molar-refractivity contribution in [1.29, 1.82) is 0 Å². The molecule has 0 fully saturated rings. The van der Waals surface area contributed by atoms with Crippen molar-refractivity contribution in [3.05, 3.63) is 52.0 Å². The van der Waals surface area contributed by atoms with E-state index >= 15 is 0 Å². The van der Waals surface area contributed by atoms with Crippen LogP contribution in [0.5, 0.6) is 0 Å². The van der Waals surface area contributed by atoms with Crippen LogP contribution in [-0.2, 0) is 9.59 Å². The largest absolute Gasteiger partial charge is 0.374 e. The minimum absolute atomic E-state index is 0.0286. The van der Waals surface area contributed by atoms with Gasteiger partial charge in [-0.25, -0.2) is 0 Å². The van der Waals surface area contributed by atoms with Crippen LogP contribution in [0.25, 0.3) is 0 Å². The second-order valence-electron chi connectivity index (χ2n) is 6.26. The molecule has 2 amide bonds. The number of rotatable bonds is 7. The molecule has 27 heavy (non-hydrogen) atoms. The van der Waals surface area contributed by atoms with Crippen LogP contribution in [0.2, 0.25) is 10.0 Å². The number of anilines is 3. The molecular formula is C20H23Cl2N3O2. The lowest BCUT2D eigenvalue weighted by atomic mass is 10.1. The van der Waals surface area contributed by atoms with Gasteiger partial charge in [-0.3, -0.25) is 9.59 Å². The number of halogens is 2. The Labute approximate surface area is 169 Å².